The molecule has 0 aliphatic carbocycles. The molecule has 2 aliphatic heterocycles. The summed E-state index contributed by atoms with van der Waals surface area (Å²) in [6.45, 7) is 0.848. The summed E-state index contributed by atoms with van der Waals surface area (Å²) in [6.07, 6.45) is -0.876. The van der Waals surface area contributed by atoms with Crippen molar-refractivity contribution in [1.82, 2.24) is 10.6 Å². The number of nitrogens with one attached hydrogen (secondary N) is 2. The molecule has 2 aliphatic rings. The van der Waals surface area contributed by atoms with Crippen LogP contribution in [0.5, 0.6) is 5.75 Å². The highest BCUT2D eigenvalue weighted by Crippen LogP contribution is 2.36. The van der Waals surface area contributed by atoms with E-state index in [1.54, 1.807) is 6.07 Å². The summed E-state index contributed by atoms with van der Waals surface area (Å²) in [6, 6.07) is 5.12. The minimum absolute atomic E-state index is 0.239. The first-order chi connectivity index (χ1) is 12.5. The first-order valence-electron chi connectivity index (χ1n) is 8.07. The van der Waals surface area contributed by atoms with Gasteiger partial charge in [-0.1, -0.05) is 5.16 Å². The van der Waals surface area contributed by atoms with Crippen molar-refractivity contribution in [2.45, 2.75) is 6.10 Å². The molecule has 10 nitrogen and oxygen atoms in total. The van der Waals surface area contributed by atoms with E-state index in [0.29, 0.717) is 23.8 Å². The van der Waals surface area contributed by atoms with E-state index in [-0.39, 0.29) is 19.2 Å². The number of ether oxygens (including phenoxy) is 2. The number of oxime groups is 1. The molecule has 2 N–H and O–H groups in total. The van der Waals surface area contributed by atoms with Gasteiger partial charge in [-0.05, 0) is 12.1 Å². The predicted octanol–water partition coefficient (Wildman–Crippen LogP) is 0.729. The van der Waals surface area contributed by atoms with Gasteiger partial charge in [0.05, 0.1) is 24.5 Å². The molecule has 140 valence electrons. The molecular formula is C16H21N5O5. The second-order valence-electron chi connectivity index (χ2n) is 5.77. The van der Waals surface area contributed by atoms with Crippen LogP contribution in [-0.4, -0.2) is 65.0 Å². The normalized spacial score (nSPS) is 20.3. The molecular weight excluding hydrogens is 342 g/mol. The lowest BCUT2D eigenvalue weighted by molar-refractivity contribution is 0.140. The summed E-state index contributed by atoms with van der Waals surface area (Å²) in [4.78, 5) is 31.6. The molecule has 1 aromatic rings. The molecule has 1 aromatic carbocycles. The molecule has 0 spiro atoms. The fourth-order valence-electron chi connectivity index (χ4n) is 2.77. The molecule has 0 saturated carbocycles. The predicted molar refractivity (Wildman–Crippen MR) is 94.9 cm³/mol. The van der Waals surface area contributed by atoms with Crippen molar-refractivity contribution < 1.29 is 23.9 Å². The molecule has 0 bridgehead atoms. The van der Waals surface area contributed by atoms with Gasteiger partial charge in [0, 0.05) is 20.2 Å². The third-order valence-electron chi connectivity index (χ3n) is 4.15. The lowest BCUT2D eigenvalue weighted by Gasteiger charge is -2.29. The largest absolute Gasteiger partial charge is 0.483 e. The van der Waals surface area contributed by atoms with Gasteiger partial charge in [-0.15, -0.1) is 0 Å². The van der Waals surface area contributed by atoms with Crippen LogP contribution in [0.4, 0.5) is 21.0 Å². The number of carbonyl (C=O) groups excluding carboxylic acids is 2. The average Bonchev–Trinajstić information content (AvgIpc) is 3.02. The van der Waals surface area contributed by atoms with Gasteiger partial charge in [0.1, 0.15) is 25.6 Å². The number of benzene rings is 1. The highest BCUT2D eigenvalue weighted by Gasteiger charge is 2.33. The molecule has 0 unspecified atom stereocenters. The Bertz CT molecular complexity index is 738. The zero-order chi connectivity index (χ0) is 18.7. The Morgan fingerprint density at radius 3 is 3.00 bits per heavy atom. The number of amidine groups is 1. The van der Waals surface area contributed by atoms with Crippen LogP contribution in [0.15, 0.2) is 23.4 Å². The first kappa shape index (κ1) is 17.6. The monoisotopic (exact) mass is 363 g/mol. The van der Waals surface area contributed by atoms with Crippen molar-refractivity contribution in [3.8, 4) is 5.75 Å². The molecule has 3 amide bonds. The van der Waals surface area contributed by atoms with Gasteiger partial charge < -0.3 is 29.8 Å². The highest BCUT2D eigenvalue weighted by atomic mass is 16.6. The van der Waals surface area contributed by atoms with Crippen molar-refractivity contribution in [3.63, 3.8) is 0 Å². The fraction of sp³-hybridized carbons (Fsp3) is 0.438. The third kappa shape index (κ3) is 3.44. The third-order valence-corrected chi connectivity index (χ3v) is 4.15. The Hall–Kier alpha value is -3.17. The highest BCUT2D eigenvalue weighted by molar-refractivity contribution is 6.01. The minimum atomic E-state index is -0.459. The van der Waals surface area contributed by atoms with Gasteiger partial charge in [0.2, 0.25) is 0 Å². The average molecular weight is 363 g/mol. The minimum Gasteiger partial charge on any atom is -0.483 e. The van der Waals surface area contributed by atoms with Crippen LogP contribution in [0.3, 0.4) is 0 Å². The topological polar surface area (TPSA) is 105 Å². The standard InChI is InChI=1S/C16H21N5O5/c1-17-15(22)18-7-11-8-21(16(23)26-11)10-4-5-12-13(6-10)25-9-14(19-24-3)20(12)2/h4-6,11H,7-9H2,1-3H3,(H2,17,18,22)/b19-14+/t11-/m0/s1. The summed E-state index contributed by atoms with van der Waals surface area (Å²) in [5.41, 5.74) is 1.48. The molecule has 1 saturated heterocycles. The van der Waals surface area contributed by atoms with Gasteiger partial charge >= 0.3 is 12.1 Å². The molecule has 1 fully saturated rings. The molecule has 1 atom stereocenters. The van der Waals surface area contributed by atoms with Crippen molar-refractivity contribution in [2.75, 3.05) is 50.7 Å². The van der Waals surface area contributed by atoms with E-state index >= 15 is 0 Å². The lowest BCUT2D eigenvalue weighted by atomic mass is 10.2. The molecule has 0 radical (unpaired) electrons. The quantitative estimate of drug-likeness (QED) is 0.764. The summed E-state index contributed by atoms with van der Waals surface area (Å²) in [5.74, 6) is 1.29. The number of hydrogen-bond donors (Lipinski definition) is 2. The second kappa shape index (κ2) is 7.38. The molecule has 26 heavy (non-hydrogen) atoms. The van der Waals surface area contributed by atoms with Crippen LogP contribution in [0, 0.1) is 0 Å². The maximum absolute atomic E-state index is 12.2. The first-order valence-corrected chi connectivity index (χ1v) is 8.07. The van der Waals surface area contributed by atoms with Gasteiger partial charge in [0.15, 0.2) is 5.84 Å². The number of carbonyl (C=O) groups is 2. The molecule has 10 heteroatoms. The summed E-state index contributed by atoms with van der Waals surface area (Å²) in [7, 11) is 4.87. The SMILES string of the molecule is CNC(=O)NC[C@H]1CN(c2ccc3c(c2)OC/C(=N\OC)N3C)C(=O)O1. The van der Waals surface area contributed by atoms with Crippen LogP contribution < -0.4 is 25.2 Å². The number of amides is 3. The van der Waals surface area contributed by atoms with E-state index in [4.69, 9.17) is 14.3 Å². The van der Waals surface area contributed by atoms with Crippen molar-refractivity contribution in [3.05, 3.63) is 18.2 Å². The van der Waals surface area contributed by atoms with Gasteiger partial charge in [0.25, 0.3) is 0 Å². The van der Waals surface area contributed by atoms with E-state index in [1.165, 1.54) is 19.1 Å². The Kier molecular flexibility index (Phi) is 5.01. The van der Waals surface area contributed by atoms with Crippen LogP contribution in [0.1, 0.15) is 0 Å². The maximum atomic E-state index is 12.2. The van der Waals surface area contributed by atoms with E-state index in [9.17, 15) is 9.59 Å². The van der Waals surface area contributed by atoms with Gasteiger partial charge in [-0.2, -0.15) is 0 Å². The Morgan fingerprint density at radius 1 is 1.46 bits per heavy atom. The number of rotatable bonds is 4. The maximum Gasteiger partial charge on any atom is 0.414 e. The Morgan fingerprint density at radius 2 is 2.27 bits per heavy atom. The zero-order valence-corrected chi connectivity index (χ0v) is 14.8. The summed E-state index contributed by atoms with van der Waals surface area (Å²) < 4.78 is 11.0. The number of likely N-dealkylation sites (N-methyl/N-ethyl adjacent to an activating group) is 1. The molecule has 3 rings (SSSR count). The van der Waals surface area contributed by atoms with Crippen LogP contribution in [0.2, 0.25) is 0 Å². The smallest absolute Gasteiger partial charge is 0.414 e. The zero-order valence-electron chi connectivity index (χ0n) is 14.8. The summed E-state index contributed by atoms with van der Waals surface area (Å²) >= 11 is 0. The van der Waals surface area contributed by atoms with Crippen LogP contribution in [0.25, 0.3) is 0 Å². The number of anilines is 2. The van der Waals surface area contributed by atoms with Gasteiger partial charge in [-0.3, -0.25) is 4.90 Å². The van der Waals surface area contributed by atoms with Crippen molar-refractivity contribution in [2.24, 2.45) is 5.16 Å². The summed E-state index contributed by atoms with van der Waals surface area (Å²) in [5, 5.41) is 9.00. The lowest BCUT2D eigenvalue weighted by Crippen LogP contribution is -2.39. The van der Waals surface area contributed by atoms with E-state index in [1.807, 2.05) is 24.1 Å². The Labute approximate surface area is 150 Å². The van der Waals surface area contributed by atoms with Gasteiger partial charge in [-0.25, -0.2) is 9.59 Å². The molecule has 0 aromatic heterocycles. The Balaban J connectivity index is 1.72. The number of urea groups is 1. The number of nitrogens with zero attached hydrogens (tertiary/aromatic N) is 3. The van der Waals surface area contributed by atoms with Crippen LogP contribution in [-0.2, 0) is 9.57 Å². The number of fused-ring (bicyclic) bond motifs is 1. The van der Waals surface area contributed by atoms with E-state index < -0.39 is 12.2 Å². The number of cyclic esters (lactones) is 1. The van der Waals surface area contributed by atoms with E-state index in [2.05, 4.69) is 15.8 Å². The molecule has 2 heterocycles. The van der Waals surface area contributed by atoms with E-state index in [0.717, 1.165) is 5.69 Å². The fourth-order valence-corrected chi connectivity index (χ4v) is 2.77. The number of hydrogen-bond acceptors (Lipinski definition) is 6. The van der Waals surface area contributed by atoms with Crippen LogP contribution >= 0.6 is 0 Å². The van der Waals surface area contributed by atoms with Crippen molar-refractivity contribution >= 4 is 29.3 Å². The second-order valence-corrected chi connectivity index (χ2v) is 5.77. The van der Waals surface area contributed by atoms with Crippen molar-refractivity contribution in [1.29, 1.82) is 0 Å².